The molecule has 0 spiro atoms. The molecule has 0 saturated carbocycles. The first-order valence-electron chi connectivity index (χ1n) is 7.68. The van der Waals surface area contributed by atoms with E-state index in [1.54, 1.807) is 34.9 Å². The van der Waals surface area contributed by atoms with Gasteiger partial charge in [0.1, 0.15) is 0 Å². The maximum absolute atomic E-state index is 12.9. The van der Waals surface area contributed by atoms with Crippen LogP contribution >= 0.6 is 23.4 Å². The van der Waals surface area contributed by atoms with Crippen LogP contribution in [0.15, 0.2) is 53.5 Å². The first-order valence-corrected chi connectivity index (χ1v) is 8.94. The standard InChI is InChI=1S/C18H18ClN3OS/c1-12-6-3-4-9-16(12)22(18-20-11-13(2)24-18)17(23)21-15-8-5-7-14(19)10-15/h3-10,13H,11H2,1-2H3,(H,21,23). The summed E-state index contributed by atoms with van der Waals surface area (Å²) >= 11 is 7.61. The van der Waals surface area contributed by atoms with Crippen molar-refractivity contribution in [3.05, 3.63) is 59.1 Å². The second-order valence-electron chi connectivity index (χ2n) is 5.61. The quantitative estimate of drug-likeness (QED) is 0.803. The first-order chi connectivity index (χ1) is 11.5. The maximum Gasteiger partial charge on any atom is 0.332 e. The van der Waals surface area contributed by atoms with Gasteiger partial charge in [-0.3, -0.25) is 4.99 Å². The van der Waals surface area contributed by atoms with Crippen LogP contribution in [0.2, 0.25) is 5.02 Å². The van der Waals surface area contributed by atoms with Crippen LogP contribution in [0.1, 0.15) is 12.5 Å². The average Bonchev–Trinajstić information content (AvgIpc) is 2.95. The Balaban J connectivity index is 1.92. The molecular weight excluding hydrogens is 342 g/mol. The van der Waals surface area contributed by atoms with Gasteiger partial charge in [0, 0.05) is 16.0 Å². The second-order valence-corrected chi connectivity index (χ2v) is 7.46. The van der Waals surface area contributed by atoms with Gasteiger partial charge in [0.25, 0.3) is 0 Å². The largest absolute Gasteiger partial charge is 0.332 e. The Kier molecular flexibility index (Phi) is 5.11. The summed E-state index contributed by atoms with van der Waals surface area (Å²) in [6.45, 7) is 4.80. The monoisotopic (exact) mass is 359 g/mol. The average molecular weight is 360 g/mol. The molecule has 1 N–H and O–H groups in total. The number of amides is 2. The molecule has 3 rings (SSSR count). The molecular formula is C18H18ClN3OS. The summed E-state index contributed by atoms with van der Waals surface area (Å²) in [5, 5.41) is 4.57. The lowest BCUT2D eigenvalue weighted by Crippen LogP contribution is -2.38. The minimum absolute atomic E-state index is 0.244. The second kappa shape index (κ2) is 7.28. The van der Waals surface area contributed by atoms with Crippen LogP contribution in [-0.2, 0) is 0 Å². The van der Waals surface area contributed by atoms with E-state index in [1.807, 2.05) is 37.3 Å². The lowest BCUT2D eigenvalue weighted by atomic mass is 10.2. The fourth-order valence-electron chi connectivity index (χ4n) is 2.44. The zero-order valence-electron chi connectivity index (χ0n) is 13.5. The molecule has 4 nitrogen and oxygen atoms in total. The highest BCUT2D eigenvalue weighted by Crippen LogP contribution is 2.30. The molecule has 2 aromatic carbocycles. The van der Waals surface area contributed by atoms with Crippen molar-refractivity contribution in [2.45, 2.75) is 19.1 Å². The third-order valence-electron chi connectivity index (χ3n) is 3.62. The van der Waals surface area contributed by atoms with Crippen molar-refractivity contribution < 1.29 is 4.79 Å². The molecule has 0 radical (unpaired) electrons. The predicted molar refractivity (Wildman–Crippen MR) is 103 cm³/mol. The van der Waals surface area contributed by atoms with Crippen molar-refractivity contribution in [3.63, 3.8) is 0 Å². The molecule has 124 valence electrons. The van der Waals surface area contributed by atoms with E-state index in [4.69, 9.17) is 11.6 Å². The number of halogens is 1. The molecule has 1 unspecified atom stereocenters. The van der Waals surface area contributed by atoms with Crippen LogP contribution in [0.25, 0.3) is 0 Å². The van der Waals surface area contributed by atoms with Gasteiger partial charge in [-0.2, -0.15) is 0 Å². The first kappa shape index (κ1) is 16.9. The van der Waals surface area contributed by atoms with E-state index in [0.29, 0.717) is 22.5 Å². The fourth-order valence-corrected chi connectivity index (χ4v) is 3.58. The summed E-state index contributed by atoms with van der Waals surface area (Å²) in [4.78, 5) is 19.1. The smallest absolute Gasteiger partial charge is 0.307 e. The Hall–Kier alpha value is -1.98. The Morgan fingerprint density at radius 2 is 2.08 bits per heavy atom. The Morgan fingerprint density at radius 3 is 2.75 bits per heavy atom. The molecule has 0 aromatic heterocycles. The summed E-state index contributed by atoms with van der Waals surface area (Å²) in [6.07, 6.45) is 0. The van der Waals surface area contributed by atoms with Crippen molar-refractivity contribution in [1.29, 1.82) is 0 Å². The van der Waals surface area contributed by atoms with Crippen LogP contribution in [0.5, 0.6) is 0 Å². The molecule has 6 heteroatoms. The molecule has 24 heavy (non-hydrogen) atoms. The van der Waals surface area contributed by atoms with Crippen LogP contribution in [0.4, 0.5) is 16.2 Å². The van der Waals surface area contributed by atoms with Crippen molar-refractivity contribution in [1.82, 2.24) is 0 Å². The summed E-state index contributed by atoms with van der Waals surface area (Å²) in [6, 6.07) is 14.7. The van der Waals surface area contributed by atoms with E-state index in [1.165, 1.54) is 0 Å². The third kappa shape index (κ3) is 3.74. The maximum atomic E-state index is 12.9. The van der Waals surface area contributed by atoms with Gasteiger partial charge in [-0.05, 0) is 36.8 Å². The molecule has 1 atom stereocenters. The topological polar surface area (TPSA) is 44.7 Å². The molecule has 0 aliphatic carbocycles. The van der Waals surface area contributed by atoms with Gasteiger partial charge in [-0.1, -0.05) is 54.6 Å². The molecule has 2 aromatic rings. The van der Waals surface area contributed by atoms with Crippen LogP contribution in [-0.4, -0.2) is 23.0 Å². The number of benzene rings is 2. The van der Waals surface area contributed by atoms with Crippen LogP contribution < -0.4 is 10.2 Å². The minimum atomic E-state index is -0.244. The van der Waals surface area contributed by atoms with Gasteiger partial charge in [0.05, 0.1) is 12.2 Å². The van der Waals surface area contributed by atoms with E-state index in [0.717, 1.165) is 16.4 Å². The Labute approximate surface area is 150 Å². The molecule has 1 aliphatic heterocycles. The molecule has 2 amide bonds. The van der Waals surface area contributed by atoms with Gasteiger partial charge in [-0.15, -0.1) is 0 Å². The van der Waals surface area contributed by atoms with Gasteiger partial charge in [-0.25, -0.2) is 9.69 Å². The predicted octanol–water partition coefficient (Wildman–Crippen LogP) is 5.18. The number of para-hydroxylation sites is 1. The summed E-state index contributed by atoms with van der Waals surface area (Å²) in [5.41, 5.74) is 2.50. The van der Waals surface area contributed by atoms with Gasteiger partial charge < -0.3 is 5.32 Å². The number of hydrogen-bond acceptors (Lipinski definition) is 3. The van der Waals surface area contributed by atoms with E-state index < -0.39 is 0 Å². The van der Waals surface area contributed by atoms with E-state index >= 15 is 0 Å². The van der Waals surface area contributed by atoms with E-state index in [9.17, 15) is 4.79 Å². The summed E-state index contributed by atoms with van der Waals surface area (Å²) in [5.74, 6) is 0. The lowest BCUT2D eigenvalue weighted by Gasteiger charge is -2.24. The number of hydrogen-bond donors (Lipinski definition) is 1. The Morgan fingerprint density at radius 1 is 1.29 bits per heavy atom. The van der Waals surface area contributed by atoms with Crippen LogP contribution in [0.3, 0.4) is 0 Å². The van der Waals surface area contributed by atoms with Crippen LogP contribution in [0, 0.1) is 6.92 Å². The SMILES string of the molecule is Cc1ccccc1N(C(=O)Nc1cccc(Cl)c1)C1=NCC(C)S1. The summed E-state index contributed by atoms with van der Waals surface area (Å²) < 4.78 is 0. The number of rotatable bonds is 2. The Bertz CT molecular complexity index is 793. The highest BCUT2D eigenvalue weighted by atomic mass is 35.5. The number of aliphatic imine (C=N–C) groups is 1. The lowest BCUT2D eigenvalue weighted by molar-refractivity contribution is 0.259. The number of urea groups is 1. The highest BCUT2D eigenvalue weighted by Gasteiger charge is 2.28. The number of anilines is 2. The zero-order chi connectivity index (χ0) is 17.1. The van der Waals surface area contributed by atoms with Crippen molar-refractivity contribution in [3.8, 4) is 0 Å². The fraction of sp³-hybridized carbons (Fsp3) is 0.222. The van der Waals surface area contributed by atoms with Crippen molar-refractivity contribution in [2.24, 2.45) is 4.99 Å². The molecule has 0 fully saturated rings. The number of thioether (sulfide) groups is 1. The highest BCUT2D eigenvalue weighted by molar-refractivity contribution is 8.15. The van der Waals surface area contributed by atoms with E-state index in [-0.39, 0.29) is 6.03 Å². The zero-order valence-corrected chi connectivity index (χ0v) is 15.1. The number of carbonyl (C=O) groups is 1. The molecule has 0 saturated heterocycles. The van der Waals surface area contributed by atoms with E-state index in [2.05, 4.69) is 17.2 Å². The van der Waals surface area contributed by atoms with Crippen molar-refractivity contribution >= 4 is 45.9 Å². The van der Waals surface area contributed by atoms with Gasteiger partial charge in [0.15, 0.2) is 5.17 Å². The third-order valence-corrected chi connectivity index (χ3v) is 4.93. The van der Waals surface area contributed by atoms with Gasteiger partial charge in [0.2, 0.25) is 0 Å². The number of aryl methyl sites for hydroxylation is 1. The number of nitrogens with one attached hydrogen (secondary N) is 1. The number of nitrogens with zero attached hydrogens (tertiary/aromatic N) is 2. The molecule has 1 aliphatic rings. The van der Waals surface area contributed by atoms with Gasteiger partial charge >= 0.3 is 6.03 Å². The summed E-state index contributed by atoms with van der Waals surface area (Å²) in [7, 11) is 0. The van der Waals surface area contributed by atoms with Crippen molar-refractivity contribution in [2.75, 3.05) is 16.8 Å². The molecule has 0 bridgehead atoms. The number of amidine groups is 1. The number of carbonyl (C=O) groups excluding carboxylic acids is 1. The minimum Gasteiger partial charge on any atom is -0.307 e. The normalized spacial score (nSPS) is 16.6. The molecule has 1 heterocycles.